The number of rotatable bonds is 3. The van der Waals surface area contributed by atoms with E-state index in [1.54, 1.807) is 19.2 Å². The Labute approximate surface area is 130 Å². The van der Waals surface area contributed by atoms with Crippen LogP contribution in [0.1, 0.15) is 24.8 Å². The first-order valence-electron chi connectivity index (χ1n) is 7.79. The molecule has 2 heterocycles. The monoisotopic (exact) mass is 307 g/mol. The highest BCUT2D eigenvalue weighted by atomic mass is 19.1. The van der Waals surface area contributed by atoms with E-state index in [0.717, 1.165) is 24.8 Å². The zero-order valence-electron chi connectivity index (χ0n) is 12.9. The Kier molecular flexibility index (Phi) is 4.45. The van der Waals surface area contributed by atoms with Crippen molar-refractivity contribution in [2.45, 2.75) is 37.4 Å². The SMILES string of the molecule is COC1COC2(CCN(C(=O)Cc3cccc(F)c3)CC2)C1. The van der Waals surface area contributed by atoms with Crippen LogP contribution in [0.5, 0.6) is 0 Å². The van der Waals surface area contributed by atoms with Gasteiger partial charge in [-0.15, -0.1) is 0 Å². The Hall–Kier alpha value is -1.46. The Bertz CT molecular complexity index is 540. The van der Waals surface area contributed by atoms with Crippen LogP contribution in [-0.4, -0.2) is 49.3 Å². The number of likely N-dealkylation sites (tertiary alicyclic amines) is 1. The van der Waals surface area contributed by atoms with E-state index in [-0.39, 0.29) is 29.9 Å². The standard InChI is InChI=1S/C17H22FNO3/c1-21-15-11-17(22-12-15)5-7-19(8-6-17)16(20)10-13-3-2-4-14(18)9-13/h2-4,9,15H,5-8,10-12H2,1H3. The zero-order valence-corrected chi connectivity index (χ0v) is 12.9. The van der Waals surface area contributed by atoms with Crippen molar-refractivity contribution < 1.29 is 18.7 Å². The van der Waals surface area contributed by atoms with Gasteiger partial charge in [0.05, 0.1) is 24.7 Å². The number of carbonyl (C=O) groups excluding carboxylic acids is 1. The topological polar surface area (TPSA) is 38.8 Å². The predicted octanol–water partition coefficient (Wildman–Crippen LogP) is 2.16. The highest BCUT2D eigenvalue weighted by Crippen LogP contribution is 2.36. The Morgan fingerprint density at radius 1 is 1.45 bits per heavy atom. The van der Waals surface area contributed by atoms with Crippen LogP contribution < -0.4 is 0 Å². The van der Waals surface area contributed by atoms with E-state index < -0.39 is 0 Å². The first-order valence-corrected chi connectivity index (χ1v) is 7.79. The van der Waals surface area contributed by atoms with Crippen molar-refractivity contribution in [1.82, 2.24) is 4.90 Å². The number of nitrogens with zero attached hydrogens (tertiary/aromatic N) is 1. The van der Waals surface area contributed by atoms with Gasteiger partial charge in [-0.05, 0) is 30.5 Å². The number of methoxy groups -OCH3 is 1. The summed E-state index contributed by atoms with van der Waals surface area (Å²) >= 11 is 0. The van der Waals surface area contributed by atoms with Crippen molar-refractivity contribution in [1.29, 1.82) is 0 Å². The number of benzene rings is 1. The summed E-state index contributed by atoms with van der Waals surface area (Å²) in [5.74, 6) is -0.241. The van der Waals surface area contributed by atoms with E-state index in [2.05, 4.69) is 0 Å². The second-order valence-electron chi connectivity index (χ2n) is 6.24. The average Bonchev–Trinajstić information content (AvgIpc) is 2.91. The second-order valence-corrected chi connectivity index (χ2v) is 6.24. The maximum absolute atomic E-state index is 13.2. The van der Waals surface area contributed by atoms with Crippen LogP contribution in [0, 0.1) is 5.82 Å². The summed E-state index contributed by atoms with van der Waals surface area (Å²) in [6.07, 6.45) is 3.04. The minimum Gasteiger partial charge on any atom is -0.379 e. The number of amides is 1. The maximum atomic E-state index is 13.2. The van der Waals surface area contributed by atoms with Gasteiger partial charge >= 0.3 is 0 Å². The molecule has 2 aliphatic rings. The third-order valence-electron chi connectivity index (χ3n) is 4.78. The van der Waals surface area contributed by atoms with Gasteiger partial charge < -0.3 is 14.4 Å². The lowest BCUT2D eigenvalue weighted by Crippen LogP contribution is -2.47. The second kappa shape index (κ2) is 6.34. The normalized spacial score (nSPS) is 23.9. The molecule has 0 aliphatic carbocycles. The molecule has 1 spiro atoms. The van der Waals surface area contributed by atoms with Gasteiger partial charge in [0.15, 0.2) is 0 Å². The first kappa shape index (κ1) is 15.4. The van der Waals surface area contributed by atoms with Crippen LogP contribution in [0.25, 0.3) is 0 Å². The Balaban J connectivity index is 1.54. The number of ether oxygens (including phenoxy) is 2. The minimum absolute atomic E-state index is 0.0572. The van der Waals surface area contributed by atoms with Gasteiger partial charge in [0.25, 0.3) is 0 Å². The lowest BCUT2D eigenvalue weighted by atomic mass is 9.88. The van der Waals surface area contributed by atoms with Crippen molar-refractivity contribution in [2.75, 3.05) is 26.8 Å². The van der Waals surface area contributed by atoms with Crippen LogP contribution >= 0.6 is 0 Å². The van der Waals surface area contributed by atoms with Crippen molar-refractivity contribution in [3.63, 3.8) is 0 Å². The first-order chi connectivity index (χ1) is 10.6. The molecule has 1 aromatic rings. The molecule has 0 radical (unpaired) electrons. The smallest absolute Gasteiger partial charge is 0.226 e. The average molecular weight is 307 g/mol. The lowest BCUT2D eigenvalue weighted by Gasteiger charge is -2.38. The van der Waals surface area contributed by atoms with E-state index in [1.807, 2.05) is 4.90 Å². The molecular weight excluding hydrogens is 285 g/mol. The zero-order chi connectivity index (χ0) is 15.6. The molecule has 1 unspecified atom stereocenters. The van der Waals surface area contributed by atoms with Crippen LogP contribution in [0.3, 0.4) is 0 Å². The van der Waals surface area contributed by atoms with Gasteiger partial charge in [0.2, 0.25) is 5.91 Å². The van der Waals surface area contributed by atoms with Gasteiger partial charge in [-0.1, -0.05) is 12.1 Å². The molecule has 0 aromatic heterocycles. The number of hydrogen-bond acceptors (Lipinski definition) is 3. The van der Waals surface area contributed by atoms with Crippen molar-refractivity contribution in [3.8, 4) is 0 Å². The molecule has 1 aromatic carbocycles. The number of carbonyl (C=O) groups is 1. The third kappa shape index (κ3) is 3.31. The molecule has 3 rings (SSSR count). The fraction of sp³-hybridized carbons (Fsp3) is 0.588. The fourth-order valence-corrected chi connectivity index (χ4v) is 3.40. The molecule has 2 fully saturated rings. The van der Waals surface area contributed by atoms with Crippen molar-refractivity contribution in [3.05, 3.63) is 35.6 Å². The van der Waals surface area contributed by atoms with E-state index >= 15 is 0 Å². The van der Waals surface area contributed by atoms with E-state index in [4.69, 9.17) is 9.47 Å². The molecule has 0 saturated carbocycles. The summed E-state index contributed by atoms with van der Waals surface area (Å²) in [7, 11) is 1.71. The van der Waals surface area contributed by atoms with Crippen LogP contribution in [0.2, 0.25) is 0 Å². The molecule has 120 valence electrons. The number of halogens is 1. The summed E-state index contributed by atoms with van der Waals surface area (Å²) in [6, 6.07) is 6.24. The molecule has 1 amide bonds. The molecule has 5 heteroatoms. The van der Waals surface area contributed by atoms with Crippen molar-refractivity contribution >= 4 is 5.91 Å². The summed E-state index contributed by atoms with van der Waals surface area (Å²) in [6.45, 7) is 2.04. The van der Waals surface area contributed by atoms with Crippen LogP contribution in [0.4, 0.5) is 4.39 Å². The van der Waals surface area contributed by atoms with Gasteiger partial charge in [-0.2, -0.15) is 0 Å². The summed E-state index contributed by atoms with van der Waals surface area (Å²) in [5, 5.41) is 0. The van der Waals surface area contributed by atoms with E-state index in [0.29, 0.717) is 19.7 Å². The largest absolute Gasteiger partial charge is 0.379 e. The molecule has 2 saturated heterocycles. The Morgan fingerprint density at radius 3 is 2.86 bits per heavy atom. The number of hydrogen-bond donors (Lipinski definition) is 0. The lowest BCUT2D eigenvalue weighted by molar-refractivity contribution is -0.135. The van der Waals surface area contributed by atoms with Gasteiger partial charge in [-0.3, -0.25) is 4.79 Å². The van der Waals surface area contributed by atoms with E-state index in [9.17, 15) is 9.18 Å². The number of piperidine rings is 1. The van der Waals surface area contributed by atoms with Crippen LogP contribution in [-0.2, 0) is 20.7 Å². The van der Waals surface area contributed by atoms with Gasteiger partial charge in [-0.25, -0.2) is 4.39 Å². The molecule has 2 aliphatic heterocycles. The summed E-state index contributed by atoms with van der Waals surface area (Å²) < 4.78 is 24.5. The fourth-order valence-electron chi connectivity index (χ4n) is 3.40. The van der Waals surface area contributed by atoms with Gasteiger partial charge in [0, 0.05) is 26.6 Å². The highest BCUT2D eigenvalue weighted by Gasteiger charge is 2.43. The molecular formula is C17H22FNO3. The quantitative estimate of drug-likeness (QED) is 0.859. The molecule has 0 bridgehead atoms. The molecule has 0 N–H and O–H groups in total. The Morgan fingerprint density at radius 2 is 2.23 bits per heavy atom. The molecule has 22 heavy (non-hydrogen) atoms. The van der Waals surface area contributed by atoms with Crippen molar-refractivity contribution in [2.24, 2.45) is 0 Å². The summed E-state index contributed by atoms with van der Waals surface area (Å²) in [5.41, 5.74) is 0.609. The van der Waals surface area contributed by atoms with Gasteiger partial charge in [0.1, 0.15) is 5.82 Å². The minimum atomic E-state index is -0.298. The molecule has 4 nitrogen and oxygen atoms in total. The maximum Gasteiger partial charge on any atom is 0.226 e. The molecule has 1 atom stereocenters. The van der Waals surface area contributed by atoms with Crippen LogP contribution in [0.15, 0.2) is 24.3 Å². The van der Waals surface area contributed by atoms with E-state index in [1.165, 1.54) is 12.1 Å². The third-order valence-corrected chi connectivity index (χ3v) is 4.78. The highest BCUT2D eigenvalue weighted by molar-refractivity contribution is 5.78. The predicted molar refractivity (Wildman–Crippen MR) is 80.0 cm³/mol. The summed E-state index contributed by atoms with van der Waals surface area (Å²) in [4.78, 5) is 14.2.